The SMILES string of the molecule is CC(C)(C)N=C1CCCC(c2ccccc2)=C1c1ccccc1. The lowest BCUT2D eigenvalue weighted by molar-refractivity contribution is 0.581. The minimum atomic E-state index is -0.0471. The fraction of sp³-hybridized carbons (Fsp3) is 0.318. The van der Waals surface area contributed by atoms with Crippen LogP contribution in [-0.4, -0.2) is 11.3 Å². The zero-order valence-corrected chi connectivity index (χ0v) is 14.3. The highest BCUT2D eigenvalue weighted by Crippen LogP contribution is 2.37. The first-order valence-electron chi connectivity index (χ1n) is 8.48. The first-order chi connectivity index (χ1) is 11.0. The number of allylic oxidation sites excluding steroid dienone is 2. The third kappa shape index (κ3) is 3.79. The fourth-order valence-electron chi connectivity index (χ4n) is 3.25. The smallest absolute Gasteiger partial charge is 0.0527 e. The fourth-order valence-corrected chi connectivity index (χ4v) is 3.25. The maximum atomic E-state index is 5.06. The molecule has 1 aliphatic carbocycles. The van der Waals surface area contributed by atoms with Gasteiger partial charge in [-0.3, -0.25) is 4.99 Å². The summed E-state index contributed by atoms with van der Waals surface area (Å²) in [5.74, 6) is 0. The predicted octanol–water partition coefficient (Wildman–Crippen LogP) is 6.02. The number of nitrogens with zero attached hydrogens (tertiary/aromatic N) is 1. The van der Waals surface area contributed by atoms with Crippen LogP contribution in [0.5, 0.6) is 0 Å². The molecule has 1 aliphatic rings. The molecular formula is C22H25N. The number of hydrogen-bond acceptors (Lipinski definition) is 1. The molecule has 118 valence electrons. The molecule has 0 radical (unpaired) electrons. The first kappa shape index (κ1) is 15.7. The van der Waals surface area contributed by atoms with Gasteiger partial charge in [0.15, 0.2) is 0 Å². The molecule has 2 aromatic carbocycles. The molecule has 23 heavy (non-hydrogen) atoms. The molecule has 0 spiro atoms. The summed E-state index contributed by atoms with van der Waals surface area (Å²) >= 11 is 0. The number of hydrogen-bond donors (Lipinski definition) is 0. The molecule has 0 aliphatic heterocycles. The van der Waals surface area contributed by atoms with Gasteiger partial charge in [-0.25, -0.2) is 0 Å². The highest BCUT2D eigenvalue weighted by Gasteiger charge is 2.23. The Bertz CT molecular complexity index is 716. The molecule has 0 unspecified atom stereocenters. The molecule has 0 fully saturated rings. The van der Waals surface area contributed by atoms with Crippen molar-refractivity contribution in [3.8, 4) is 0 Å². The van der Waals surface area contributed by atoms with Crippen molar-refractivity contribution in [3.63, 3.8) is 0 Å². The van der Waals surface area contributed by atoms with Crippen molar-refractivity contribution >= 4 is 16.9 Å². The number of aliphatic imine (C=N–C) groups is 1. The van der Waals surface area contributed by atoms with E-state index >= 15 is 0 Å². The summed E-state index contributed by atoms with van der Waals surface area (Å²) in [6.07, 6.45) is 3.37. The van der Waals surface area contributed by atoms with E-state index in [1.54, 1.807) is 0 Å². The van der Waals surface area contributed by atoms with E-state index in [-0.39, 0.29) is 5.54 Å². The van der Waals surface area contributed by atoms with Crippen molar-refractivity contribution in [2.45, 2.75) is 45.6 Å². The third-order valence-corrected chi connectivity index (χ3v) is 4.09. The average Bonchev–Trinajstić information content (AvgIpc) is 2.55. The molecule has 1 nitrogen and oxygen atoms in total. The Morgan fingerprint density at radius 1 is 0.739 bits per heavy atom. The van der Waals surface area contributed by atoms with Crippen LogP contribution in [-0.2, 0) is 0 Å². The second kappa shape index (κ2) is 6.54. The molecule has 0 atom stereocenters. The minimum Gasteiger partial charge on any atom is -0.283 e. The largest absolute Gasteiger partial charge is 0.283 e. The van der Waals surface area contributed by atoms with Gasteiger partial charge < -0.3 is 0 Å². The lowest BCUT2D eigenvalue weighted by Crippen LogP contribution is -2.18. The van der Waals surface area contributed by atoms with Gasteiger partial charge in [-0.1, -0.05) is 60.7 Å². The van der Waals surface area contributed by atoms with Crippen LogP contribution in [0.25, 0.3) is 11.1 Å². The van der Waals surface area contributed by atoms with Crippen LogP contribution in [0.4, 0.5) is 0 Å². The molecule has 0 N–H and O–H groups in total. The highest BCUT2D eigenvalue weighted by atomic mass is 14.8. The second-order valence-corrected chi connectivity index (χ2v) is 7.17. The van der Waals surface area contributed by atoms with Crippen LogP contribution in [0.1, 0.15) is 51.2 Å². The molecule has 0 bridgehead atoms. The van der Waals surface area contributed by atoms with Crippen LogP contribution in [0.15, 0.2) is 65.7 Å². The van der Waals surface area contributed by atoms with Gasteiger partial charge in [-0.2, -0.15) is 0 Å². The van der Waals surface area contributed by atoms with Crippen LogP contribution in [0.2, 0.25) is 0 Å². The Morgan fingerprint density at radius 2 is 1.30 bits per heavy atom. The lowest BCUT2D eigenvalue weighted by Gasteiger charge is -2.26. The van der Waals surface area contributed by atoms with Crippen LogP contribution >= 0.6 is 0 Å². The van der Waals surface area contributed by atoms with Crippen LogP contribution in [0.3, 0.4) is 0 Å². The number of rotatable bonds is 2. The van der Waals surface area contributed by atoms with Crippen molar-refractivity contribution in [2.75, 3.05) is 0 Å². The van der Waals surface area contributed by atoms with Crippen molar-refractivity contribution in [1.29, 1.82) is 0 Å². The van der Waals surface area contributed by atoms with Crippen molar-refractivity contribution in [2.24, 2.45) is 4.99 Å². The van der Waals surface area contributed by atoms with E-state index in [9.17, 15) is 0 Å². The van der Waals surface area contributed by atoms with E-state index in [4.69, 9.17) is 4.99 Å². The van der Waals surface area contributed by atoms with Gasteiger partial charge in [0.2, 0.25) is 0 Å². The van der Waals surface area contributed by atoms with Gasteiger partial charge in [0.05, 0.1) is 5.54 Å². The maximum Gasteiger partial charge on any atom is 0.0527 e. The molecule has 0 saturated heterocycles. The van der Waals surface area contributed by atoms with Crippen molar-refractivity contribution in [3.05, 3.63) is 71.8 Å². The normalized spacial score (nSPS) is 17.6. The molecule has 2 aromatic rings. The summed E-state index contributed by atoms with van der Waals surface area (Å²) in [6, 6.07) is 21.5. The van der Waals surface area contributed by atoms with Gasteiger partial charge in [-0.15, -0.1) is 0 Å². The zero-order chi connectivity index (χ0) is 16.3. The monoisotopic (exact) mass is 303 g/mol. The molecule has 0 saturated carbocycles. The Balaban J connectivity index is 2.22. The molecule has 0 heterocycles. The summed E-state index contributed by atoms with van der Waals surface area (Å²) in [4.78, 5) is 5.06. The van der Waals surface area contributed by atoms with E-state index < -0.39 is 0 Å². The van der Waals surface area contributed by atoms with Crippen molar-refractivity contribution in [1.82, 2.24) is 0 Å². The Morgan fingerprint density at radius 3 is 1.87 bits per heavy atom. The van der Waals surface area contributed by atoms with E-state index in [2.05, 4.69) is 81.4 Å². The minimum absolute atomic E-state index is 0.0471. The molecule has 0 amide bonds. The summed E-state index contributed by atoms with van der Waals surface area (Å²) in [6.45, 7) is 6.54. The van der Waals surface area contributed by atoms with E-state index in [0.717, 1.165) is 12.8 Å². The number of benzene rings is 2. The Hall–Kier alpha value is -2.15. The third-order valence-electron chi connectivity index (χ3n) is 4.09. The quantitative estimate of drug-likeness (QED) is 0.643. The van der Waals surface area contributed by atoms with Gasteiger partial charge in [-0.05, 0) is 56.7 Å². The Kier molecular flexibility index (Phi) is 4.47. The summed E-state index contributed by atoms with van der Waals surface area (Å²) in [7, 11) is 0. The second-order valence-electron chi connectivity index (χ2n) is 7.17. The van der Waals surface area contributed by atoms with Crippen molar-refractivity contribution < 1.29 is 0 Å². The maximum absolute atomic E-state index is 5.06. The molecule has 3 rings (SSSR count). The van der Waals surface area contributed by atoms with Gasteiger partial charge in [0, 0.05) is 11.3 Å². The molecule has 1 heteroatoms. The standard InChI is InChI=1S/C22H25N/c1-22(2,3)23-20-16-10-15-19(17-11-6-4-7-12-17)21(20)18-13-8-5-9-14-18/h4-9,11-14H,10,15-16H2,1-3H3. The van der Waals surface area contributed by atoms with Gasteiger partial charge in [0.1, 0.15) is 0 Å². The zero-order valence-electron chi connectivity index (χ0n) is 14.3. The first-order valence-corrected chi connectivity index (χ1v) is 8.48. The summed E-state index contributed by atoms with van der Waals surface area (Å²) in [5.41, 5.74) is 6.61. The molecule has 0 aromatic heterocycles. The summed E-state index contributed by atoms with van der Waals surface area (Å²) < 4.78 is 0. The average molecular weight is 303 g/mol. The lowest BCUT2D eigenvalue weighted by atomic mass is 9.82. The van der Waals surface area contributed by atoms with Gasteiger partial charge >= 0.3 is 0 Å². The Labute approximate surface area is 139 Å². The van der Waals surface area contributed by atoms with E-state index in [0.29, 0.717) is 0 Å². The predicted molar refractivity (Wildman–Crippen MR) is 101 cm³/mol. The van der Waals surface area contributed by atoms with Crippen LogP contribution < -0.4 is 0 Å². The van der Waals surface area contributed by atoms with E-state index in [1.165, 1.54) is 34.4 Å². The van der Waals surface area contributed by atoms with Gasteiger partial charge in [0.25, 0.3) is 0 Å². The summed E-state index contributed by atoms with van der Waals surface area (Å²) in [5, 5.41) is 0. The topological polar surface area (TPSA) is 12.4 Å². The highest BCUT2D eigenvalue weighted by molar-refractivity contribution is 6.31. The molecular weight excluding hydrogens is 278 g/mol. The van der Waals surface area contributed by atoms with Crippen LogP contribution in [0, 0.1) is 0 Å². The van der Waals surface area contributed by atoms with E-state index in [1.807, 2.05) is 0 Å².